The molecule has 3 rings (SSSR count). The SMILES string of the molecule is CN(C)C(=CS(=O)CCN1C(=O)c2ccccc2C1=O)C(=O)c1ccc(F)cc1. The van der Waals surface area contributed by atoms with Crippen LogP contribution in [0, 0.1) is 5.82 Å². The first-order valence-electron chi connectivity index (χ1n) is 8.81. The van der Waals surface area contributed by atoms with Crippen molar-refractivity contribution in [3.8, 4) is 0 Å². The summed E-state index contributed by atoms with van der Waals surface area (Å²) in [5, 5.41) is 1.30. The molecule has 29 heavy (non-hydrogen) atoms. The Kier molecular flexibility index (Phi) is 6.03. The number of likely N-dealkylation sites (N-methyl/N-ethyl adjacent to an activating group) is 1. The highest BCUT2D eigenvalue weighted by atomic mass is 32.2. The molecule has 1 atom stereocenters. The molecule has 150 valence electrons. The number of benzene rings is 2. The van der Waals surface area contributed by atoms with Gasteiger partial charge in [0.25, 0.3) is 11.8 Å². The molecule has 0 bridgehead atoms. The molecule has 8 heteroatoms. The van der Waals surface area contributed by atoms with Gasteiger partial charge in [-0.2, -0.15) is 0 Å². The molecule has 0 aliphatic carbocycles. The molecule has 0 spiro atoms. The van der Waals surface area contributed by atoms with Gasteiger partial charge in [-0.15, -0.1) is 0 Å². The van der Waals surface area contributed by atoms with Crippen molar-refractivity contribution in [3.63, 3.8) is 0 Å². The minimum Gasteiger partial charge on any atom is -0.374 e. The Morgan fingerprint density at radius 3 is 2.10 bits per heavy atom. The number of Topliss-reactive ketones (excluding diaryl/α,β-unsaturated/α-hetero) is 1. The van der Waals surface area contributed by atoms with Gasteiger partial charge in [0.1, 0.15) is 5.82 Å². The quantitative estimate of drug-likeness (QED) is 0.395. The maximum Gasteiger partial charge on any atom is 0.261 e. The highest BCUT2D eigenvalue weighted by Gasteiger charge is 2.34. The molecule has 6 nitrogen and oxygen atoms in total. The summed E-state index contributed by atoms with van der Waals surface area (Å²) in [6, 6.07) is 11.6. The van der Waals surface area contributed by atoms with Crippen LogP contribution in [-0.2, 0) is 10.8 Å². The zero-order valence-electron chi connectivity index (χ0n) is 15.9. The first kappa shape index (κ1) is 20.6. The first-order chi connectivity index (χ1) is 13.8. The van der Waals surface area contributed by atoms with E-state index in [0.717, 1.165) is 4.90 Å². The van der Waals surface area contributed by atoms with Gasteiger partial charge in [-0.3, -0.25) is 23.5 Å². The minimum absolute atomic E-state index is 0.000490. The number of amides is 2. The number of carbonyl (C=O) groups is 3. The normalized spacial score (nSPS) is 14.7. The maximum atomic E-state index is 13.1. The first-order valence-corrected chi connectivity index (χ1v) is 10.2. The van der Waals surface area contributed by atoms with Gasteiger partial charge in [0.2, 0.25) is 5.78 Å². The van der Waals surface area contributed by atoms with Crippen molar-refractivity contribution in [2.24, 2.45) is 0 Å². The fourth-order valence-corrected chi connectivity index (χ4v) is 3.97. The Balaban J connectivity index is 1.71. The Hall–Kier alpha value is -3.13. The molecular weight excluding hydrogens is 395 g/mol. The second kappa shape index (κ2) is 8.48. The van der Waals surface area contributed by atoms with E-state index in [1.807, 2.05) is 0 Å². The third-order valence-electron chi connectivity index (χ3n) is 4.46. The average Bonchev–Trinajstić information content (AvgIpc) is 2.95. The van der Waals surface area contributed by atoms with Crippen LogP contribution in [0.1, 0.15) is 31.1 Å². The zero-order chi connectivity index (χ0) is 21.1. The van der Waals surface area contributed by atoms with Crippen molar-refractivity contribution in [2.45, 2.75) is 0 Å². The summed E-state index contributed by atoms with van der Waals surface area (Å²) >= 11 is 0. The molecule has 1 aliphatic rings. The van der Waals surface area contributed by atoms with Gasteiger partial charge in [-0.1, -0.05) is 12.1 Å². The van der Waals surface area contributed by atoms with Crippen LogP contribution in [0.3, 0.4) is 0 Å². The number of rotatable bonds is 7. The number of hydrogen-bond donors (Lipinski definition) is 0. The average molecular weight is 414 g/mol. The van der Waals surface area contributed by atoms with E-state index >= 15 is 0 Å². The monoisotopic (exact) mass is 414 g/mol. The van der Waals surface area contributed by atoms with Gasteiger partial charge in [-0.25, -0.2) is 4.39 Å². The lowest BCUT2D eigenvalue weighted by Gasteiger charge is -2.17. The molecule has 0 saturated carbocycles. The third kappa shape index (κ3) is 4.32. The molecule has 1 aliphatic heterocycles. The van der Waals surface area contributed by atoms with Crippen molar-refractivity contribution in [2.75, 3.05) is 26.4 Å². The third-order valence-corrected chi connectivity index (χ3v) is 5.53. The molecule has 0 saturated heterocycles. The van der Waals surface area contributed by atoms with Crippen LogP contribution in [-0.4, -0.2) is 58.0 Å². The van der Waals surface area contributed by atoms with E-state index in [4.69, 9.17) is 0 Å². The standard InChI is InChI=1S/C21H19FN2O4S/c1-23(2)18(19(25)14-7-9-15(22)10-8-14)13-29(28)12-11-24-20(26)16-5-3-4-6-17(16)21(24)27/h3-10,13H,11-12H2,1-2H3. The fourth-order valence-electron chi connectivity index (χ4n) is 2.92. The zero-order valence-corrected chi connectivity index (χ0v) is 16.7. The van der Waals surface area contributed by atoms with E-state index in [1.54, 1.807) is 38.4 Å². The molecule has 1 heterocycles. The lowest BCUT2D eigenvalue weighted by atomic mass is 10.1. The fraction of sp³-hybridized carbons (Fsp3) is 0.190. The summed E-state index contributed by atoms with van der Waals surface area (Å²) in [5.74, 6) is -1.69. The van der Waals surface area contributed by atoms with E-state index in [-0.39, 0.29) is 23.6 Å². The van der Waals surface area contributed by atoms with Gasteiger partial charge in [-0.05, 0) is 36.4 Å². The van der Waals surface area contributed by atoms with Crippen LogP contribution >= 0.6 is 0 Å². The predicted molar refractivity (Wildman–Crippen MR) is 107 cm³/mol. The summed E-state index contributed by atoms with van der Waals surface area (Å²) in [4.78, 5) is 40.0. The Morgan fingerprint density at radius 2 is 1.59 bits per heavy atom. The Morgan fingerprint density at radius 1 is 1.03 bits per heavy atom. The number of carbonyl (C=O) groups excluding carboxylic acids is 3. The smallest absolute Gasteiger partial charge is 0.261 e. The van der Waals surface area contributed by atoms with Crippen molar-refractivity contribution < 1.29 is 23.0 Å². The van der Waals surface area contributed by atoms with Gasteiger partial charge in [0, 0.05) is 48.2 Å². The molecule has 0 fully saturated rings. The Bertz CT molecular complexity index is 996. The molecule has 1 unspecified atom stereocenters. The number of hydrogen-bond acceptors (Lipinski definition) is 5. The van der Waals surface area contributed by atoms with Crippen LogP contribution in [0.2, 0.25) is 0 Å². The van der Waals surface area contributed by atoms with Crippen LogP contribution in [0.25, 0.3) is 0 Å². The summed E-state index contributed by atoms with van der Waals surface area (Å²) in [7, 11) is 1.66. The van der Waals surface area contributed by atoms with Crippen LogP contribution in [0.4, 0.5) is 4.39 Å². The van der Waals surface area contributed by atoms with E-state index in [0.29, 0.717) is 11.1 Å². The molecule has 2 amide bonds. The number of ketones is 1. The van der Waals surface area contributed by atoms with E-state index in [9.17, 15) is 23.0 Å². The minimum atomic E-state index is -1.61. The number of allylic oxidation sites excluding steroid dienone is 1. The maximum absolute atomic E-state index is 13.1. The van der Waals surface area contributed by atoms with Gasteiger partial charge < -0.3 is 4.90 Å². The largest absolute Gasteiger partial charge is 0.374 e. The molecule has 2 aromatic carbocycles. The Labute approximate surface area is 170 Å². The van der Waals surface area contributed by atoms with Crippen molar-refractivity contribution in [3.05, 3.63) is 82.1 Å². The highest BCUT2D eigenvalue weighted by Crippen LogP contribution is 2.22. The number of imide groups is 1. The van der Waals surface area contributed by atoms with Crippen LogP contribution < -0.4 is 0 Å². The summed E-state index contributed by atoms with van der Waals surface area (Å²) < 4.78 is 25.6. The van der Waals surface area contributed by atoms with E-state index < -0.39 is 34.2 Å². The van der Waals surface area contributed by atoms with Crippen molar-refractivity contribution in [1.82, 2.24) is 9.80 Å². The van der Waals surface area contributed by atoms with Crippen LogP contribution in [0.15, 0.2) is 59.6 Å². The van der Waals surface area contributed by atoms with Gasteiger partial charge in [0.05, 0.1) is 16.8 Å². The predicted octanol–water partition coefficient (Wildman–Crippen LogP) is 2.46. The second-order valence-corrected chi connectivity index (χ2v) is 8.03. The van der Waals surface area contributed by atoms with E-state index in [2.05, 4.69) is 0 Å². The number of fused-ring (bicyclic) bond motifs is 1. The number of nitrogens with zero attached hydrogens (tertiary/aromatic N) is 2. The van der Waals surface area contributed by atoms with Crippen LogP contribution in [0.5, 0.6) is 0 Å². The highest BCUT2D eigenvalue weighted by molar-refractivity contribution is 7.88. The lowest BCUT2D eigenvalue weighted by Crippen LogP contribution is -2.33. The van der Waals surface area contributed by atoms with Crippen molar-refractivity contribution in [1.29, 1.82) is 0 Å². The molecule has 2 aromatic rings. The number of halogens is 1. The molecule has 0 radical (unpaired) electrons. The lowest BCUT2D eigenvalue weighted by molar-refractivity contribution is 0.0664. The molecule has 0 N–H and O–H groups in total. The summed E-state index contributed by atoms with van der Waals surface area (Å²) in [5.41, 5.74) is 1.11. The van der Waals surface area contributed by atoms with Gasteiger partial charge >= 0.3 is 0 Å². The topological polar surface area (TPSA) is 74.8 Å². The van der Waals surface area contributed by atoms with Gasteiger partial charge in [0.15, 0.2) is 0 Å². The van der Waals surface area contributed by atoms with E-state index in [1.165, 1.54) is 34.6 Å². The van der Waals surface area contributed by atoms with Crippen molar-refractivity contribution >= 4 is 28.4 Å². The summed E-state index contributed by atoms with van der Waals surface area (Å²) in [6.07, 6.45) is 0. The molecule has 0 aromatic heterocycles. The molecular formula is C21H19FN2O4S. The summed E-state index contributed by atoms with van der Waals surface area (Å²) in [6.45, 7) is -0.0269. The second-order valence-electron chi connectivity index (χ2n) is 6.63.